The van der Waals surface area contributed by atoms with Crippen LogP contribution in [0.25, 0.3) is 11.4 Å². The Hall–Kier alpha value is -4.59. The molecule has 0 bridgehead atoms. The van der Waals surface area contributed by atoms with Crippen molar-refractivity contribution in [1.82, 2.24) is 14.3 Å². The summed E-state index contributed by atoms with van der Waals surface area (Å²) in [4.78, 5) is 33.1. The summed E-state index contributed by atoms with van der Waals surface area (Å²) in [6.45, 7) is 6.70. The Bertz CT molecular complexity index is 1560. The molecular weight excluding hydrogens is 494 g/mol. The number of imidazole rings is 1. The first-order valence-corrected chi connectivity index (χ1v) is 13.1. The number of rotatable bonds is 9. The maximum atomic E-state index is 13.6. The van der Waals surface area contributed by atoms with Crippen molar-refractivity contribution < 1.29 is 24.2 Å². The third-order valence-electron chi connectivity index (χ3n) is 6.84. The maximum absolute atomic E-state index is 13.6. The fourth-order valence-electron chi connectivity index (χ4n) is 5.12. The van der Waals surface area contributed by atoms with Gasteiger partial charge in [-0.15, -0.1) is 0 Å². The third kappa shape index (κ3) is 4.85. The molecular formula is C31H31N3O5. The molecule has 0 aliphatic carbocycles. The van der Waals surface area contributed by atoms with Crippen LogP contribution in [0.15, 0.2) is 78.5 Å². The summed E-state index contributed by atoms with van der Waals surface area (Å²) in [5.41, 5.74) is 3.27. The number of ether oxygens (including phenoxy) is 2. The molecule has 1 fully saturated rings. The number of amides is 1. The van der Waals surface area contributed by atoms with Crippen LogP contribution in [0.5, 0.6) is 11.5 Å². The van der Waals surface area contributed by atoms with Crippen LogP contribution in [0, 0.1) is 6.92 Å². The molecule has 1 unspecified atom stereocenters. The van der Waals surface area contributed by atoms with E-state index < -0.39 is 17.7 Å². The van der Waals surface area contributed by atoms with Crippen molar-refractivity contribution in [1.29, 1.82) is 0 Å². The molecule has 4 aromatic rings. The van der Waals surface area contributed by atoms with Crippen LogP contribution in [0.4, 0.5) is 0 Å². The van der Waals surface area contributed by atoms with Crippen molar-refractivity contribution >= 4 is 23.1 Å². The van der Waals surface area contributed by atoms with Gasteiger partial charge in [-0.05, 0) is 62.6 Å². The minimum Gasteiger partial charge on any atom is -0.505 e. The normalized spacial score (nSPS) is 16.7. The van der Waals surface area contributed by atoms with Gasteiger partial charge in [0.2, 0.25) is 0 Å². The van der Waals surface area contributed by atoms with E-state index >= 15 is 0 Å². The minimum atomic E-state index is -0.822. The van der Waals surface area contributed by atoms with E-state index in [1.54, 1.807) is 29.7 Å². The van der Waals surface area contributed by atoms with E-state index in [0.717, 1.165) is 5.56 Å². The smallest absolute Gasteiger partial charge is 0.295 e. The SMILES string of the molecule is CCOc1ccc(C2/C(=C(\O)c3c(C)nc4ccccn34)C(=O)C(=O)N2CCc2ccccc2)cc1OCC. The van der Waals surface area contributed by atoms with Crippen LogP contribution in [-0.2, 0) is 16.0 Å². The van der Waals surface area contributed by atoms with Gasteiger partial charge in [-0.2, -0.15) is 0 Å². The predicted octanol–water partition coefficient (Wildman–Crippen LogP) is 5.10. The molecule has 2 aromatic carbocycles. The largest absolute Gasteiger partial charge is 0.505 e. The molecule has 8 heteroatoms. The molecule has 1 aliphatic heterocycles. The van der Waals surface area contributed by atoms with Gasteiger partial charge in [-0.3, -0.25) is 14.0 Å². The molecule has 200 valence electrons. The van der Waals surface area contributed by atoms with Crippen LogP contribution in [-0.4, -0.2) is 50.8 Å². The Morgan fingerprint density at radius 3 is 2.41 bits per heavy atom. The minimum absolute atomic E-state index is 0.0217. The van der Waals surface area contributed by atoms with Gasteiger partial charge in [0.1, 0.15) is 11.3 Å². The van der Waals surface area contributed by atoms with Gasteiger partial charge in [-0.1, -0.05) is 42.5 Å². The van der Waals surface area contributed by atoms with E-state index in [-0.39, 0.29) is 11.3 Å². The Kier molecular flexibility index (Phi) is 7.36. The fourth-order valence-corrected chi connectivity index (χ4v) is 5.12. The standard InChI is InChI=1S/C31H31N3O5/c1-4-38-23-15-14-22(19-24(23)39-5-2)28-26(29(35)27-20(3)32-25-13-9-10-17-33(25)27)30(36)31(37)34(28)18-16-21-11-7-6-8-12-21/h6-15,17,19,28,35H,4-5,16,18H2,1-3H3/b29-26+. The van der Waals surface area contributed by atoms with Crippen LogP contribution >= 0.6 is 0 Å². The lowest BCUT2D eigenvalue weighted by Crippen LogP contribution is -2.31. The van der Waals surface area contributed by atoms with E-state index in [4.69, 9.17) is 9.47 Å². The highest BCUT2D eigenvalue weighted by molar-refractivity contribution is 6.46. The van der Waals surface area contributed by atoms with Crippen LogP contribution in [0.1, 0.15) is 42.4 Å². The highest BCUT2D eigenvalue weighted by Crippen LogP contribution is 2.42. The summed E-state index contributed by atoms with van der Waals surface area (Å²) in [6.07, 6.45) is 2.32. The number of fused-ring (bicyclic) bond motifs is 1. The average molecular weight is 526 g/mol. The van der Waals surface area contributed by atoms with Gasteiger partial charge in [0.05, 0.1) is 30.5 Å². The van der Waals surface area contributed by atoms with Gasteiger partial charge in [0.15, 0.2) is 17.3 Å². The highest BCUT2D eigenvalue weighted by Gasteiger charge is 2.46. The Labute approximate surface area is 227 Å². The molecule has 0 spiro atoms. The molecule has 3 heterocycles. The first kappa shape index (κ1) is 26.0. The number of benzene rings is 2. The van der Waals surface area contributed by atoms with Crippen molar-refractivity contribution in [2.75, 3.05) is 19.8 Å². The van der Waals surface area contributed by atoms with E-state index in [1.165, 1.54) is 4.90 Å². The second-order valence-electron chi connectivity index (χ2n) is 9.27. The number of pyridine rings is 1. The molecule has 39 heavy (non-hydrogen) atoms. The molecule has 2 aromatic heterocycles. The number of hydrogen-bond acceptors (Lipinski definition) is 6. The third-order valence-corrected chi connectivity index (χ3v) is 6.84. The van der Waals surface area contributed by atoms with Crippen molar-refractivity contribution in [3.05, 3.63) is 101 Å². The van der Waals surface area contributed by atoms with Crippen molar-refractivity contribution in [2.24, 2.45) is 0 Å². The van der Waals surface area contributed by atoms with Crippen LogP contribution in [0.3, 0.4) is 0 Å². The first-order valence-electron chi connectivity index (χ1n) is 13.1. The zero-order valence-corrected chi connectivity index (χ0v) is 22.3. The summed E-state index contributed by atoms with van der Waals surface area (Å²) >= 11 is 0. The second-order valence-corrected chi connectivity index (χ2v) is 9.27. The van der Waals surface area contributed by atoms with Crippen molar-refractivity contribution in [2.45, 2.75) is 33.2 Å². The number of carbonyl (C=O) groups excluding carboxylic acids is 2. The zero-order chi connectivity index (χ0) is 27.5. The van der Waals surface area contributed by atoms with E-state index in [0.29, 0.717) is 60.3 Å². The van der Waals surface area contributed by atoms with Crippen LogP contribution < -0.4 is 9.47 Å². The molecule has 1 saturated heterocycles. The number of aliphatic hydroxyl groups is 1. The van der Waals surface area contributed by atoms with Gasteiger partial charge < -0.3 is 19.5 Å². The van der Waals surface area contributed by atoms with Crippen molar-refractivity contribution in [3.8, 4) is 11.5 Å². The molecule has 1 amide bonds. The molecule has 5 rings (SSSR count). The summed E-state index contributed by atoms with van der Waals surface area (Å²) < 4.78 is 13.3. The lowest BCUT2D eigenvalue weighted by atomic mass is 9.95. The quantitative estimate of drug-likeness (QED) is 0.186. The second kappa shape index (κ2) is 11.0. The van der Waals surface area contributed by atoms with E-state index in [9.17, 15) is 14.7 Å². The number of hydrogen-bond donors (Lipinski definition) is 1. The highest BCUT2D eigenvalue weighted by atomic mass is 16.5. The van der Waals surface area contributed by atoms with E-state index in [1.807, 2.05) is 68.4 Å². The summed E-state index contributed by atoms with van der Waals surface area (Å²) in [5, 5.41) is 11.7. The van der Waals surface area contributed by atoms with Gasteiger partial charge in [-0.25, -0.2) is 4.98 Å². The maximum Gasteiger partial charge on any atom is 0.295 e. The topological polar surface area (TPSA) is 93.4 Å². The lowest BCUT2D eigenvalue weighted by molar-refractivity contribution is -0.139. The summed E-state index contributed by atoms with van der Waals surface area (Å²) in [7, 11) is 0. The van der Waals surface area contributed by atoms with Gasteiger partial charge >= 0.3 is 0 Å². The number of ketones is 1. The Morgan fingerprint density at radius 2 is 1.67 bits per heavy atom. The van der Waals surface area contributed by atoms with Gasteiger partial charge in [0.25, 0.3) is 11.7 Å². The monoisotopic (exact) mass is 525 g/mol. The number of aliphatic hydroxyl groups excluding tert-OH is 1. The molecule has 8 nitrogen and oxygen atoms in total. The first-order chi connectivity index (χ1) is 18.9. The molecule has 1 N–H and O–H groups in total. The number of aryl methyl sites for hydroxylation is 1. The predicted molar refractivity (Wildman–Crippen MR) is 148 cm³/mol. The molecule has 0 saturated carbocycles. The summed E-state index contributed by atoms with van der Waals surface area (Å²) in [6, 6.07) is 19.8. The zero-order valence-electron chi connectivity index (χ0n) is 22.3. The molecule has 0 radical (unpaired) electrons. The van der Waals surface area contributed by atoms with Gasteiger partial charge in [0, 0.05) is 12.7 Å². The molecule has 1 aliphatic rings. The number of aromatic nitrogens is 2. The number of likely N-dealkylation sites (tertiary alicyclic amines) is 1. The lowest BCUT2D eigenvalue weighted by Gasteiger charge is -2.26. The fraction of sp³-hybridized carbons (Fsp3) is 0.258. The molecule has 1 atom stereocenters. The number of carbonyl (C=O) groups is 2. The Balaban J connectivity index is 1.67. The van der Waals surface area contributed by atoms with Crippen LogP contribution in [0.2, 0.25) is 0 Å². The number of nitrogens with zero attached hydrogens (tertiary/aromatic N) is 3. The van der Waals surface area contributed by atoms with E-state index in [2.05, 4.69) is 4.98 Å². The summed E-state index contributed by atoms with van der Waals surface area (Å²) in [5.74, 6) is -0.569. The average Bonchev–Trinajstić information content (AvgIpc) is 3.41. The Morgan fingerprint density at radius 1 is 0.949 bits per heavy atom. The van der Waals surface area contributed by atoms with Crippen molar-refractivity contribution in [3.63, 3.8) is 0 Å². The number of Topliss-reactive ketones (excluding diaryl/α,β-unsaturated/α-hetero) is 1.